The predicted octanol–water partition coefficient (Wildman–Crippen LogP) is 3.97. The molecule has 2 N–H and O–H groups in total. The van der Waals surface area contributed by atoms with Gasteiger partial charge in [0.2, 0.25) is 5.88 Å². The molecule has 0 spiro atoms. The minimum Gasteiger partial charge on any atom is -0.481 e. The Morgan fingerprint density at radius 2 is 2.06 bits per heavy atom. The Morgan fingerprint density at radius 3 is 2.94 bits per heavy atom. The molecule has 8 heteroatoms. The highest BCUT2D eigenvalue weighted by Gasteiger charge is 2.18. The standard InChI is InChI=1S/C24H23N7O/c1-32-22-10-16(6-8-26-22)20-13-28-24-23(30-20)18(12-27-24)15-4-5-19-21(9-15)31(14-29-19)17-3-2-7-25-11-17/h4-6,8-10,12-14,17,25H,2-3,7,11H2,1H3,(H,27,28)/t17-/m0/s1. The first-order chi connectivity index (χ1) is 15.8. The monoisotopic (exact) mass is 425 g/mol. The fourth-order valence-electron chi connectivity index (χ4n) is 4.49. The number of imidazole rings is 1. The highest BCUT2D eigenvalue weighted by Crippen LogP contribution is 2.32. The summed E-state index contributed by atoms with van der Waals surface area (Å²) in [4.78, 5) is 21.6. The second-order valence-corrected chi connectivity index (χ2v) is 8.10. The molecule has 1 fully saturated rings. The zero-order chi connectivity index (χ0) is 21.5. The van der Waals surface area contributed by atoms with E-state index in [-0.39, 0.29) is 0 Å². The number of benzene rings is 1. The van der Waals surface area contributed by atoms with Crippen LogP contribution in [0, 0.1) is 0 Å². The van der Waals surface area contributed by atoms with E-state index in [0.29, 0.717) is 11.9 Å². The van der Waals surface area contributed by atoms with Gasteiger partial charge in [0.25, 0.3) is 0 Å². The second-order valence-electron chi connectivity index (χ2n) is 8.10. The van der Waals surface area contributed by atoms with Crippen molar-refractivity contribution in [1.29, 1.82) is 0 Å². The fourth-order valence-corrected chi connectivity index (χ4v) is 4.49. The Balaban J connectivity index is 1.44. The summed E-state index contributed by atoms with van der Waals surface area (Å²) in [6.07, 6.45) is 9.78. The van der Waals surface area contributed by atoms with Crippen molar-refractivity contribution in [3.05, 3.63) is 55.2 Å². The number of piperidine rings is 1. The number of nitrogens with one attached hydrogen (secondary N) is 2. The van der Waals surface area contributed by atoms with Crippen LogP contribution in [0.4, 0.5) is 0 Å². The highest BCUT2D eigenvalue weighted by atomic mass is 16.5. The summed E-state index contributed by atoms with van der Waals surface area (Å²) in [5, 5.41) is 3.50. The zero-order valence-electron chi connectivity index (χ0n) is 17.7. The molecule has 1 aliphatic heterocycles. The Hall–Kier alpha value is -3.78. The van der Waals surface area contributed by atoms with E-state index in [2.05, 4.69) is 48.0 Å². The van der Waals surface area contributed by atoms with Gasteiger partial charge in [-0.3, -0.25) is 0 Å². The first-order valence-electron chi connectivity index (χ1n) is 10.8. The van der Waals surface area contributed by atoms with Crippen LogP contribution in [0.15, 0.2) is 55.2 Å². The number of rotatable bonds is 4. The molecule has 5 aromatic rings. The first kappa shape index (κ1) is 18.9. The Morgan fingerprint density at radius 1 is 1.09 bits per heavy atom. The van der Waals surface area contributed by atoms with E-state index in [4.69, 9.17) is 9.72 Å². The predicted molar refractivity (Wildman–Crippen MR) is 124 cm³/mol. The van der Waals surface area contributed by atoms with Crippen LogP contribution in [0.2, 0.25) is 0 Å². The van der Waals surface area contributed by atoms with Crippen LogP contribution in [0.1, 0.15) is 18.9 Å². The molecule has 0 bridgehead atoms. The van der Waals surface area contributed by atoms with Crippen molar-refractivity contribution < 1.29 is 4.74 Å². The molecule has 0 radical (unpaired) electrons. The summed E-state index contributed by atoms with van der Waals surface area (Å²) in [5.74, 6) is 0.551. The van der Waals surface area contributed by atoms with Crippen molar-refractivity contribution in [2.45, 2.75) is 18.9 Å². The average Bonchev–Trinajstić information content (AvgIpc) is 3.48. The number of aromatic amines is 1. The number of methoxy groups -OCH3 is 1. The number of hydrogen-bond donors (Lipinski definition) is 2. The number of H-pyrrole nitrogens is 1. The molecule has 1 saturated heterocycles. The normalized spacial score (nSPS) is 16.6. The zero-order valence-corrected chi connectivity index (χ0v) is 17.7. The SMILES string of the molecule is COc1cc(-c2cnc3[nH]cc(-c4ccc5ncn([C@H]6CCCNC6)c5c4)c3n2)ccn1. The van der Waals surface area contributed by atoms with Crippen molar-refractivity contribution in [3.8, 4) is 28.3 Å². The summed E-state index contributed by atoms with van der Waals surface area (Å²) in [7, 11) is 1.61. The summed E-state index contributed by atoms with van der Waals surface area (Å²) >= 11 is 0. The largest absolute Gasteiger partial charge is 0.481 e. The van der Waals surface area contributed by atoms with E-state index in [1.807, 2.05) is 24.7 Å². The van der Waals surface area contributed by atoms with Gasteiger partial charge < -0.3 is 19.6 Å². The highest BCUT2D eigenvalue weighted by molar-refractivity contribution is 5.94. The molecule has 0 aliphatic carbocycles. The molecule has 0 amide bonds. The Labute approximate surface area is 184 Å². The molecule has 1 aromatic carbocycles. The molecule has 5 heterocycles. The second kappa shape index (κ2) is 7.72. The summed E-state index contributed by atoms with van der Waals surface area (Å²) in [6, 6.07) is 10.6. The van der Waals surface area contributed by atoms with Crippen LogP contribution in [0.25, 0.3) is 44.6 Å². The van der Waals surface area contributed by atoms with Gasteiger partial charge >= 0.3 is 0 Å². The lowest BCUT2D eigenvalue weighted by atomic mass is 10.1. The average molecular weight is 425 g/mol. The number of pyridine rings is 1. The number of nitrogens with zero attached hydrogens (tertiary/aromatic N) is 5. The summed E-state index contributed by atoms with van der Waals surface area (Å²) in [5.41, 5.74) is 7.55. The first-order valence-corrected chi connectivity index (χ1v) is 10.8. The maximum Gasteiger partial charge on any atom is 0.213 e. The van der Waals surface area contributed by atoms with Crippen LogP contribution in [-0.4, -0.2) is 49.7 Å². The van der Waals surface area contributed by atoms with Gasteiger partial charge in [-0.25, -0.2) is 19.9 Å². The lowest BCUT2D eigenvalue weighted by molar-refractivity contribution is 0.378. The van der Waals surface area contributed by atoms with Gasteiger partial charge in [0.05, 0.1) is 36.4 Å². The van der Waals surface area contributed by atoms with E-state index in [0.717, 1.165) is 57.7 Å². The van der Waals surface area contributed by atoms with Gasteiger partial charge in [-0.2, -0.15) is 0 Å². The Bertz CT molecular complexity index is 1410. The molecule has 0 unspecified atom stereocenters. The van der Waals surface area contributed by atoms with Gasteiger partial charge in [-0.05, 0) is 43.1 Å². The molecule has 32 heavy (non-hydrogen) atoms. The Kier molecular flexibility index (Phi) is 4.57. The van der Waals surface area contributed by atoms with Gasteiger partial charge in [-0.1, -0.05) is 6.07 Å². The number of hydrogen-bond acceptors (Lipinski definition) is 6. The third-order valence-corrected chi connectivity index (χ3v) is 6.17. The minimum atomic E-state index is 0.431. The maximum absolute atomic E-state index is 5.26. The molecule has 1 aliphatic rings. The smallest absolute Gasteiger partial charge is 0.213 e. The summed E-state index contributed by atoms with van der Waals surface area (Å²) in [6.45, 7) is 2.07. The quantitative estimate of drug-likeness (QED) is 0.453. The van der Waals surface area contributed by atoms with Crippen LogP contribution in [0.3, 0.4) is 0 Å². The van der Waals surface area contributed by atoms with Gasteiger partial charge in [0, 0.05) is 42.2 Å². The van der Waals surface area contributed by atoms with E-state index in [1.165, 1.54) is 12.8 Å². The van der Waals surface area contributed by atoms with Crippen molar-refractivity contribution in [1.82, 2.24) is 34.8 Å². The lowest BCUT2D eigenvalue weighted by Gasteiger charge is -2.24. The third-order valence-electron chi connectivity index (χ3n) is 6.17. The fraction of sp³-hybridized carbons (Fsp3) is 0.250. The van der Waals surface area contributed by atoms with Gasteiger partial charge in [0.1, 0.15) is 5.52 Å². The van der Waals surface area contributed by atoms with Crippen molar-refractivity contribution in [3.63, 3.8) is 0 Å². The molecule has 1 atom stereocenters. The molecule has 160 valence electrons. The molecule has 6 rings (SSSR count). The van der Waals surface area contributed by atoms with Crippen LogP contribution < -0.4 is 10.1 Å². The van der Waals surface area contributed by atoms with Crippen LogP contribution in [0.5, 0.6) is 5.88 Å². The van der Waals surface area contributed by atoms with Crippen LogP contribution in [-0.2, 0) is 0 Å². The van der Waals surface area contributed by atoms with E-state index in [9.17, 15) is 0 Å². The van der Waals surface area contributed by atoms with E-state index < -0.39 is 0 Å². The van der Waals surface area contributed by atoms with Gasteiger partial charge in [-0.15, -0.1) is 0 Å². The molecular formula is C24H23N7O. The van der Waals surface area contributed by atoms with E-state index in [1.54, 1.807) is 19.5 Å². The number of aromatic nitrogens is 6. The van der Waals surface area contributed by atoms with Crippen molar-refractivity contribution in [2.24, 2.45) is 0 Å². The minimum absolute atomic E-state index is 0.431. The molecule has 4 aromatic heterocycles. The van der Waals surface area contributed by atoms with Crippen molar-refractivity contribution in [2.75, 3.05) is 20.2 Å². The number of fused-ring (bicyclic) bond motifs is 2. The molecular weight excluding hydrogens is 402 g/mol. The van der Waals surface area contributed by atoms with Crippen LogP contribution >= 0.6 is 0 Å². The number of ether oxygens (including phenoxy) is 1. The van der Waals surface area contributed by atoms with E-state index >= 15 is 0 Å². The van der Waals surface area contributed by atoms with Crippen molar-refractivity contribution >= 4 is 22.2 Å². The molecule has 0 saturated carbocycles. The maximum atomic E-state index is 5.26. The third kappa shape index (κ3) is 3.20. The topological polar surface area (TPSA) is 93.5 Å². The lowest BCUT2D eigenvalue weighted by Crippen LogP contribution is -2.31. The van der Waals surface area contributed by atoms with Gasteiger partial charge in [0.15, 0.2) is 5.65 Å². The molecule has 8 nitrogen and oxygen atoms in total. The summed E-state index contributed by atoms with van der Waals surface area (Å²) < 4.78 is 7.56.